The number of hydrogen-bond acceptors (Lipinski definition) is 5. The first-order chi connectivity index (χ1) is 11.9. The van der Waals surface area contributed by atoms with E-state index < -0.39 is 15.6 Å². The summed E-state index contributed by atoms with van der Waals surface area (Å²) in [6.45, 7) is 7.55. The maximum Gasteiger partial charge on any atom is 0.535 e. The smallest absolute Gasteiger partial charge is 0.412 e. The van der Waals surface area contributed by atoms with Crippen molar-refractivity contribution in [2.75, 3.05) is 0 Å². The third kappa shape index (κ3) is 13.5. The van der Waals surface area contributed by atoms with E-state index in [2.05, 4.69) is 15.8 Å². The summed E-state index contributed by atoms with van der Waals surface area (Å²) in [7, 11) is -9.96. The normalized spacial score (nSPS) is 17.7. The standard InChI is InChI=1S/C16H30O8P2/c1-5-16(15(4)17)10-9-13(2)7-6-8-14(3)11-12-23-26(21,22)24-25(18,19)20/h8,11-13,16H,5-7,9-10H2,1-4H3,(H,21,22)(H2,18,19,20)/b12-11+,14-8?. The van der Waals surface area contributed by atoms with E-state index in [1.807, 2.05) is 13.0 Å². The lowest BCUT2D eigenvalue weighted by Crippen LogP contribution is -2.11. The minimum absolute atomic E-state index is 0.138. The van der Waals surface area contributed by atoms with Gasteiger partial charge in [0.25, 0.3) is 0 Å². The molecule has 0 saturated carbocycles. The summed E-state index contributed by atoms with van der Waals surface area (Å²) in [6.07, 6.45) is 8.68. The van der Waals surface area contributed by atoms with Gasteiger partial charge in [-0.2, -0.15) is 4.31 Å². The molecular weight excluding hydrogens is 382 g/mol. The molecule has 0 aromatic rings. The van der Waals surface area contributed by atoms with Crippen LogP contribution in [0.1, 0.15) is 59.8 Å². The van der Waals surface area contributed by atoms with E-state index in [0.717, 1.165) is 43.9 Å². The third-order valence-corrected chi connectivity index (χ3v) is 6.00. The molecule has 8 nitrogen and oxygen atoms in total. The van der Waals surface area contributed by atoms with Gasteiger partial charge in [0.15, 0.2) is 0 Å². The monoisotopic (exact) mass is 412 g/mol. The summed E-state index contributed by atoms with van der Waals surface area (Å²) < 4.78 is 29.7. The van der Waals surface area contributed by atoms with Gasteiger partial charge in [-0.05, 0) is 51.5 Å². The molecule has 0 aliphatic heterocycles. The molecule has 3 unspecified atom stereocenters. The Balaban J connectivity index is 4.26. The van der Waals surface area contributed by atoms with E-state index in [-0.39, 0.29) is 11.7 Å². The first-order valence-corrected chi connectivity index (χ1v) is 11.5. The summed E-state index contributed by atoms with van der Waals surface area (Å²) in [4.78, 5) is 37.5. The highest BCUT2D eigenvalue weighted by molar-refractivity contribution is 7.60. The Labute approximate surface area is 155 Å². The zero-order chi connectivity index (χ0) is 20.4. The summed E-state index contributed by atoms with van der Waals surface area (Å²) in [6, 6.07) is 0. The molecule has 26 heavy (non-hydrogen) atoms. The number of allylic oxidation sites excluding steroid dienone is 3. The average molecular weight is 412 g/mol. The van der Waals surface area contributed by atoms with Crippen LogP contribution in [0, 0.1) is 11.8 Å². The van der Waals surface area contributed by atoms with Crippen LogP contribution in [0.2, 0.25) is 0 Å². The predicted octanol–water partition coefficient (Wildman–Crippen LogP) is 4.48. The molecule has 3 atom stereocenters. The second-order valence-electron chi connectivity index (χ2n) is 6.37. The van der Waals surface area contributed by atoms with E-state index in [9.17, 15) is 13.9 Å². The largest absolute Gasteiger partial charge is 0.535 e. The molecule has 0 aliphatic carbocycles. The fourth-order valence-electron chi connectivity index (χ4n) is 2.36. The molecule has 0 radical (unpaired) electrons. The first-order valence-electron chi connectivity index (χ1n) is 8.48. The van der Waals surface area contributed by atoms with Gasteiger partial charge in [0.1, 0.15) is 5.78 Å². The predicted molar refractivity (Wildman–Crippen MR) is 99.0 cm³/mol. The van der Waals surface area contributed by atoms with Gasteiger partial charge in [0.05, 0.1) is 6.26 Å². The Morgan fingerprint density at radius 1 is 1.12 bits per heavy atom. The topological polar surface area (TPSA) is 130 Å². The number of carbonyl (C=O) groups excluding carboxylic acids is 1. The molecule has 0 amide bonds. The number of phosphoric ester groups is 1. The number of rotatable bonds is 13. The van der Waals surface area contributed by atoms with Gasteiger partial charge >= 0.3 is 15.6 Å². The van der Waals surface area contributed by atoms with Crippen molar-refractivity contribution in [3.05, 3.63) is 24.0 Å². The van der Waals surface area contributed by atoms with Gasteiger partial charge in [-0.15, -0.1) is 0 Å². The van der Waals surface area contributed by atoms with Crippen LogP contribution < -0.4 is 0 Å². The summed E-state index contributed by atoms with van der Waals surface area (Å²) in [5.41, 5.74) is 0.767. The van der Waals surface area contributed by atoms with Crippen LogP contribution in [0.5, 0.6) is 0 Å². The van der Waals surface area contributed by atoms with E-state index in [0.29, 0.717) is 5.92 Å². The van der Waals surface area contributed by atoms with Gasteiger partial charge in [-0.3, -0.25) is 9.69 Å². The van der Waals surface area contributed by atoms with Crippen molar-refractivity contribution in [2.24, 2.45) is 11.8 Å². The van der Waals surface area contributed by atoms with Crippen LogP contribution in [0.15, 0.2) is 24.0 Å². The molecule has 0 aromatic carbocycles. The lowest BCUT2D eigenvalue weighted by atomic mass is 9.90. The van der Waals surface area contributed by atoms with Gasteiger partial charge in [0.2, 0.25) is 0 Å². The lowest BCUT2D eigenvalue weighted by molar-refractivity contribution is -0.121. The van der Waals surface area contributed by atoms with Crippen molar-refractivity contribution < 1.29 is 37.4 Å². The zero-order valence-electron chi connectivity index (χ0n) is 15.7. The van der Waals surface area contributed by atoms with Gasteiger partial charge in [0, 0.05) is 5.92 Å². The quantitative estimate of drug-likeness (QED) is 0.229. The minimum atomic E-state index is -5.11. The minimum Gasteiger partial charge on any atom is -0.412 e. The second-order valence-corrected chi connectivity index (χ2v) is 9.16. The highest BCUT2D eigenvalue weighted by Gasteiger charge is 2.32. The van der Waals surface area contributed by atoms with Crippen LogP contribution in [0.4, 0.5) is 0 Å². The van der Waals surface area contributed by atoms with Crippen LogP contribution in [-0.2, 0) is 22.8 Å². The highest BCUT2D eigenvalue weighted by Crippen LogP contribution is 2.57. The van der Waals surface area contributed by atoms with Crippen molar-refractivity contribution >= 4 is 21.4 Å². The van der Waals surface area contributed by atoms with Gasteiger partial charge in [-0.25, -0.2) is 9.13 Å². The van der Waals surface area contributed by atoms with Crippen LogP contribution in [0.25, 0.3) is 0 Å². The van der Waals surface area contributed by atoms with E-state index >= 15 is 0 Å². The fraction of sp³-hybridized carbons (Fsp3) is 0.688. The molecule has 3 N–H and O–H groups in total. The molecule has 152 valence electrons. The highest BCUT2D eigenvalue weighted by atomic mass is 31.3. The Hall–Kier alpha value is -0.750. The molecule has 0 rings (SSSR count). The number of ketones is 1. The molecule has 10 heteroatoms. The number of hydrogen-bond donors (Lipinski definition) is 3. The van der Waals surface area contributed by atoms with Crippen molar-refractivity contribution in [1.82, 2.24) is 0 Å². The van der Waals surface area contributed by atoms with Crippen LogP contribution >= 0.6 is 15.6 Å². The van der Waals surface area contributed by atoms with Crippen molar-refractivity contribution in [2.45, 2.75) is 59.8 Å². The second kappa shape index (κ2) is 11.9. The molecule has 0 bridgehead atoms. The average Bonchev–Trinajstić information content (AvgIpc) is 2.44. The van der Waals surface area contributed by atoms with Crippen molar-refractivity contribution in [3.63, 3.8) is 0 Å². The Morgan fingerprint density at radius 3 is 2.23 bits per heavy atom. The molecule has 0 aliphatic rings. The third-order valence-electron chi connectivity index (χ3n) is 3.94. The molecule has 0 heterocycles. The molecule has 0 fully saturated rings. The first kappa shape index (κ1) is 25.2. The molecular formula is C16H30O8P2. The molecule has 0 saturated heterocycles. The molecule has 0 aromatic heterocycles. The van der Waals surface area contributed by atoms with Crippen molar-refractivity contribution in [3.8, 4) is 0 Å². The number of Topliss-reactive ketones (excluding diaryl/α,β-unsaturated/α-hetero) is 1. The maximum atomic E-state index is 11.4. The summed E-state index contributed by atoms with van der Waals surface area (Å²) >= 11 is 0. The lowest BCUT2D eigenvalue weighted by Gasteiger charge is -2.15. The zero-order valence-corrected chi connectivity index (χ0v) is 17.5. The Kier molecular flexibility index (Phi) is 11.5. The number of carbonyl (C=O) groups is 1. The summed E-state index contributed by atoms with van der Waals surface area (Å²) in [5.74, 6) is 0.853. The number of phosphoric acid groups is 2. The fourth-order valence-corrected chi connectivity index (χ4v) is 3.80. The van der Waals surface area contributed by atoms with E-state index in [4.69, 9.17) is 14.7 Å². The Morgan fingerprint density at radius 2 is 1.73 bits per heavy atom. The summed E-state index contributed by atoms with van der Waals surface area (Å²) in [5, 5.41) is 0. The Bertz CT molecular complexity index is 593. The van der Waals surface area contributed by atoms with Crippen LogP contribution in [-0.4, -0.2) is 20.5 Å². The molecule has 0 spiro atoms. The van der Waals surface area contributed by atoms with Crippen LogP contribution in [0.3, 0.4) is 0 Å². The maximum absolute atomic E-state index is 11.4. The van der Waals surface area contributed by atoms with E-state index in [1.165, 1.54) is 6.08 Å². The van der Waals surface area contributed by atoms with E-state index in [1.54, 1.807) is 13.8 Å². The van der Waals surface area contributed by atoms with Crippen molar-refractivity contribution in [1.29, 1.82) is 0 Å². The van der Waals surface area contributed by atoms with Gasteiger partial charge < -0.3 is 14.3 Å². The SMILES string of the molecule is CCC(CCC(C)CCC=C(C)/C=C/OP(=O)(O)OP(=O)(O)O)C(C)=O. The van der Waals surface area contributed by atoms with Gasteiger partial charge in [-0.1, -0.05) is 31.9 Å².